The molecule has 0 aromatic heterocycles. The average Bonchev–Trinajstić information content (AvgIpc) is 2.72. The number of carbonyl (C=O) groups excluding carboxylic acids is 1. The Kier molecular flexibility index (Phi) is 3.19. The van der Waals surface area contributed by atoms with Gasteiger partial charge in [-0.1, -0.05) is 43.3 Å². The fourth-order valence-corrected chi connectivity index (χ4v) is 3.01. The summed E-state index contributed by atoms with van der Waals surface area (Å²) < 4.78 is 0. The molecule has 0 saturated heterocycles. The molecule has 2 aromatic carbocycles. The van der Waals surface area contributed by atoms with Gasteiger partial charge in [0.05, 0.1) is 6.54 Å². The van der Waals surface area contributed by atoms with E-state index in [1.165, 1.54) is 22.3 Å². The minimum atomic E-state index is 0.181. The molecule has 0 bridgehead atoms. The number of fused-ring (bicyclic) bond motifs is 3. The fraction of sp³-hybridized carbons (Fsp3) is 0.278. The summed E-state index contributed by atoms with van der Waals surface area (Å²) in [6.45, 7) is 2.67. The van der Waals surface area contributed by atoms with Crippen molar-refractivity contribution in [1.82, 2.24) is 4.90 Å². The van der Waals surface area contributed by atoms with Crippen molar-refractivity contribution < 1.29 is 4.79 Å². The zero-order valence-corrected chi connectivity index (χ0v) is 12.2. The third-order valence-corrected chi connectivity index (χ3v) is 4.02. The first-order chi connectivity index (χ1) is 9.58. The van der Waals surface area contributed by atoms with Crippen molar-refractivity contribution in [3.63, 3.8) is 0 Å². The molecule has 0 amide bonds. The van der Waals surface area contributed by atoms with Gasteiger partial charge >= 0.3 is 0 Å². The highest BCUT2D eigenvalue weighted by atomic mass is 16.1. The predicted molar refractivity (Wildman–Crippen MR) is 82.3 cm³/mol. The van der Waals surface area contributed by atoms with Crippen molar-refractivity contribution in [2.24, 2.45) is 0 Å². The molecule has 3 rings (SSSR count). The van der Waals surface area contributed by atoms with Crippen LogP contribution in [0.2, 0.25) is 0 Å². The highest BCUT2D eigenvalue weighted by molar-refractivity contribution is 5.99. The van der Waals surface area contributed by atoms with E-state index in [0.717, 1.165) is 5.56 Å². The number of Topliss-reactive ketones (excluding diaryl/α,β-unsaturated/α-hetero) is 1. The Labute approximate surface area is 120 Å². The van der Waals surface area contributed by atoms with E-state index in [1.54, 1.807) is 0 Å². The van der Waals surface area contributed by atoms with E-state index in [2.05, 4.69) is 43.3 Å². The van der Waals surface area contributed by atoms with Crippen LogP contribution in [0.4, 0.5) is 0 Å². The van der Waals surface area contributed by atoms with Gasteiger partial charge in [0.2, 0.25) is 0 Å². The van der Waals surface area contributed by atoms with Crippen molar-refractivity contribution in [3.8, 4) is 11.1 Å². The summed E-state index contributed by atoms with van der Waals surface area (Å²) in [4.78, 5) is 14.1. The van der Waals surface area contributed by atoms with Crippen molar-refractivity contribution >= 4 is 5.78 Å². The summed E-state index contributed by atoms with van der Waals surface area (Å²) in [5.74, 6) is 0.550. The Bertz CT molecular complexity index is 673. The van der Waals surface area contributed by atoms with Gasteiger partial charge in [-0.15, -0.1) is 0 Å². The predicted octanol–water partition coefficient (Wildman–Crippen LogP) is 3.56. The molecule has 1 aliphatic rings. The number of nitrogens with zero attached hydrogens (tertiary/aromatic N) is 1. The molecule has 0 heterocycles. The second-order valence-corrected chi connectivity index (χ2v) is 5.77. The first-order valence-electron chi connectivity index (χ1n) is 6.99. The third-order valence-electron chi connectivity index (χ3n) is 4.02. The number of carbonyl (C=O) groups is 1. The van der Waals surface area contributed by atoms with Crippen molar-refractivity contribution in [2.45, 2.75) is 12.8 Å². The Morgan fingerprint density at radius 1 is 1.05 bits per heavy atom. The topological polar surface area (TPSA) is 20.3 Å². The average molecular weight is 265 g/mol. The van der Waals surface area contributed by atoms with Crippen LogP contribution in [0.1, 0.15) is 34.3 Å². The Balaban J connectivity index is 2.02. The highest BCUT2D eigenvalue weighted by Crippen LogP contribution is 2.44. The number of rotatable bonds is 3. The van der Waals surface area contributed by atoms with Gasteiger partial charge < -0.3 is 4.90 Å². The summed E-state index contributed by atoms with van der Waals surface area (Å²) in [5.41, 5.74) is 6.03. The second-order valence-electron chi connectivity index (χ2n) is 5.77. The van der Waals surface area contributed by atoms with E-state index in [-0.39, 0.29) is 5.78 Å². The van der Waals surface area contributed by atoms with Gasteiger partial charge in [-0.3, -0.25) is 4.79 Å². The molecule has 102 valence electrons. The van der Waals surface area contributed by atoms with Gasteiger partial charge in [-0.25, -0.2) is 0 Å². The molecular weight excluding hydrogens is 246 g/mol. The number of benzene rings is 2. The van der Waals surface area contributed by atoms with Crippen molar-refractivity contribution in [2.75, 3.05) is 20.6 Å². The smallest absolute Gasteiger partial charge is 0.176 e. The fourth-order valence-electron chi connectivity index (χ4n) is 3.01. The minimum Gasteiger partial charge on any atom is -0.302 e. The van der Waals surface area contributed by atoms with Gasteiger partial charge in [-0.2, -0.15) is 0 Å². The van der Waals surface area contributed by atoms with Gasteiger partial charge in [0, 0.05) is 11.5 Å². The number of hydrogen-bond donors (Lipinski definition) is 0. The van der Waals surface area contributed by atoms with Crippen LogP contribution in [0.25, 0.3) is 11.1 Å². The van der Waals surface area contributed by atoms with Crippen LogP contribution in [-0.2, 0) is 0 Å². The molecule has 0 N–H and O–H groups in total. The summed E-state index contributed by atoms with van der Waals surface area (Å²) in [6, 6.07) is 14.6. The van der Waals surface area contributed by atoms with Crippen LogP contribution in [0.5, 0.6) is 0 Å². The van der Waals surface area contributed by atoms with E-state index in [1.807, 2.05) is 25.1 Å². The van der Waals surface area contributed by atoms with Crippen molar-refractivity contribution in [1.29, 1.82) is 0 Å². The first-order valence-corrected chi connectivity index (χ1v) is 6.99. The quantitative estimate of drug-likeness (QED) is 0.791. The lowest BCUT2D eigenvalue weighted by Crippen LogP contribution is -2.21. The third kappa shape index (κ3) is 2.06. The number of likely N-dealkylation sites (N-methyl/N-ethyl adjacent to an activating group) is 1. The summed E-state index contributed by atoms with van der Waals surface area (Å²) in [5, 5.41) is 0. The van der Waals surface area contributed by atoms with E-state index in [0.29, 0.717) is 12.5 Å². The highest BCUT2D eigenvalue weighted by Gasteiger charge is 2.25. The van der Waals surface area contributed by atoms with Crippen LogP contribution >= 0.6 is 0 Å². The zero-order chi connectivity index (χ0) is 14.3. The zero-order valence-electron chi connectivity index (χ0n) is 12.2. The summed E-state index contributed by atoms with van der Waals surface area (Å²) >= 11 is 0. The maximum atomic E-state index is 12.2. The molecule has 1 atom stereocenters. The SMILES string of the molecule is CC1c2ccccc2-c2ccc(C(=O)CN(C)C)cc21. The molecule has 0 aliphatic heterocycles. The van der Waals surface area contributed by atoms with Crippen LogP contribution < -0.4 is 0 Å². The Morgan fingerprint density at radius 3 is 2.50 bits per heavy atom. The standard InChI is InChI=1S/C18H19NO/c1-12-14-6-4-5-7-15(14)16-9-8-13(10-17(12)16)18(20)11-19(2)3/h4-10,12H,11H2,1-3H3. The minimum absolute atomic E-state index is 0.181. The first kappa shape index (κ1) is 13.1. The molecule has 1 unspecified atom stereocenters. The van der Waals surface area contributed by atoms with E-state index in [4.69, 9.17) is 0 Å². The molecule has 1 aliphatic carbocycles. The number of hydrogen-bond acceptors (Lipinski definition) is 2. The van der Waals surface area contributed by atoms with E-state index >= 15 is 0 Å². The number of ketones is 1. The summed E-state index contributed by atoms with van der Waals surface area (Å²) in [7, 11) is 3.84. The Hall–Kier alpha value is -1.93. The van der Waals surface area contributed by atoms with Gasteiger partial charge in [0.1, 0.15) is 0 Å². The lowest BCUT2D eigenvalue weighted by atomic mass is 9.96. The van der Waals surface area contributed by atoms with E-state index in [9.17, 15) is 4.79 Å². The maximum Gasteiger partial charge on any atom is 0.176 e. The summed E-state index contributed by atoms with van der Waals surface area (Å²) in [6.07, 6.45) is 0. The second kappa shape index (κ2) is 4.88. The van der Waals surface area contributed by atoms with Gasteiger partial charge in [0.15, 0.2) is 5.78 Å². The normalized spacial score (nSPS) is 16.1. The molecular formula is C18H19NO. The molecule has 20 heavy (non-hydrogen) atoms. The van der Waals surface area contributed by atoms with Crippen LogP contribution in [0.3, 0.4) is 0 Å². The molecule has 0 radical (unpaired) electrons. The maximum absolute atomic E-state index is 12.2. The molecule has 2 nitrogen and oxygen atoms in total. The monoisotopic (exact) mass is 265 g/mol. The lowest BCUT2D eigenvalue weighted by molar-refractivity contribution is 0.0958. The van der Waals surface area contributed by atoms with Gasteiger partial charge in [0.25, 0.3) is 0 Å². The molecule has 0 spiro atoms. The van der Waals surface area contributed by atoms with Gasteiger partial charge in [-0.05, 0) is 42.4 Å². The Morgan fingerprint density at radius 2 is 1.75 bits per heavy atom. The van der Waals surface area contributed by atoms with E-state index < -0.39 is 0 Å². The molecule has 2 aromatic rings. The van der Waals surface area contributed by atoms with Crippen LogP contribution in [-0.4, -0.2) is 31.3 Å². The molecule has 0 saturated carbocycles. The largest absolute Gasteiger partial charge is 0.302 e. The molecule has 0 fully saturated rings. The van der Waals surface area contributed by atoms with Crippen LogP contribution in [0, 0.1) is 0 Å². The molecule has 2 heteroatoms. The van der Waals surface area contributed by atoms with Crippen molar-refractivity contribution in [3.05, 3.63) is 59.2 Å². The lowest BCUT2D eigenvalue weighted by Gasteiger charge is -2.11. The van der Waals surface area contributed by atoms with Crippen LogP contribution in [0.15, 0.2) is 42.5 Å².